The van der Waals surface area contributed by atoms with E-state index in [1.165, 1.54) is 18.2 Å². The fourth-order valence-electron chi connectivity index (χ4n) is 2.48. The molecule has 2 aromatic carbocycles. The first-order valence-corrected chi connectivity index (χ1v) is 9.37. The second-order valence-corrected chi connectivity index (χ2v) is 7.26. The molecule has 0 N–H and O–H groups in total. The normalized spacial score (nSPS) is 11.0. The summed E-state index contributed by atoms with van der Waals surface area (Å²) in [5.74, 6) is 0.406. The van der Waals surface area contributed by atoms with Gasteiger partial charge in [0.15, 0.2) is 0 Å². The van der Waals surface area contributed by atoms with Crippen molar-refractivity contribution in [2.45, 2.75) is 18.7 Å². The van der Waals surface area contributed by atoms with Crippen LogP contribution in [0.2, 0.25) is 0 Å². The van der Waals surface area contributed by atoms with Crippen molar-refractivity contribution in [3.63, 3.8) is 0 Å². The lowest BCUT2D eigenvalue weighted by atomic mass is 10.2. The van der Waals surface area contributed by atoms with E-state index >= 15 is 0 Å². The van der Waals surface area contributed by atoms with E-state index in [9.17, 15) is 18.5 Å². The summed E-state index contributed by atoms with van der Waals surface area (Å²) in [7, 11) is -4.07. The van der Waals surface area contributed by atoms with Crippen LogP contribution < -0.4 is 9.04 Å². The van der Waals surface area contributed by atoms with E-state index in [4.69, 9.17) is 4.74 Å². The summed E-state index contributed by atoms with van der Waals surface area (Å²) in [5, 5.41) is 11.1. The number of nitro groups is 1. The van der Waals surface area contributed by atoms with Crippen LogP contribution in [-0.2, 0) is 10.0 Å². The van der Waals surface area contributed by atoms with Gasteiger partial charge in [-0.05, 0) is 31.5 Å². The lowest BCUT2D eigenvalue weighted by Gasteiger charge is -2.25. The third kappa shape index (κ3) is 3.85. The average molecular weight is 376 g/mol. The van der Waals surface area contributed by atoms with Gasteiger partial charge in [-0.15, -0.1) is 6.58 Å². The summed E-state index contributed by atoms with van der Waals surface area (Å²) >= 11 is 0. The van der Waals surface area contributed by atoms with Crippen molar-refractivity contribution < 1.29 is 18.1 Å². The number of nitro benzene ring substituents is 1. The predicted molar refractivity (Wildman–Crippen MR) is 100 cm³/mol. The van der Waals surface area contributed by atoms with Crippen LogP contribution in [0.4, 0.5) is 11.4 Å². The average Bonchev–Trinajstić information content (AvgIpc) is 2.60. The number of para-hydroxylation sites is 2. The Morgan fingerprint density at radius 1 is 1.27 bits per heavy atom. The van der Waals surface area contributed by atoms with Crippen LogP contribution in [0, 0.1) is 17.0 Å². The minimum Gasteiger partial charge on any atom is -0.492 e. The van der Waals surface area contributed by atoms with Crippen LogP contribution in [0.15, 0.2) is 60.0 Å². The molecular weight excluding hydrogens is 356 g/mol. The monoisotopic (exact) mass is 376 g/mol. The van der Waals surface area contributed by atoms with Crippen LogP contribution in [-0.4, -0.2) is 26.5 Å². The van der Waals surface area contributed by atoms with E-state index in [-0.39, 0.29) is 17.1 Å². The first kappa shape index (κ1) is 19.5. The summed E-state index contributed by atoms with van der Waals surface area (Å²) in [6, 6.07) is 10.5. The van der Waals surface area contributed by atoms with Gasteiger partial charge in [0, 0.05) is 12.1 Å². The highest BCUT2D eigenvalue weighted by Crippen LogP contribution is 2.34. The summed E-state index contributed by atoms with van der Waals surface area (Å²) in [5.41, 5.74) is 0.476. The van der Waals surface area contributed by atoms with E-state index in [0.717, 1.165) is 10.4 Å². The van der Waals surface area contributed by atoms with E-state index in [2.05, 4.69) is 6.58 Å². The smallest absolute Gasteiger partial charge is 0.270 e. The molecule has 138 valence electrons. The summed E-state index contributed by atoms with van der Waals surface area (Å²) in [6.07, 6.45) is 1.45. The molecule has 0 saturated carbocycles. The molecule has 0 radical (unpaired) electrons. The fourth-order valence-corrected chi connectivity index (χ4v) is 4.18. The molecule has 7 nitrogen and oxygen atoms in total. The highest BCUT2D eigenvalue weighted by Gasteiger charge is 2.29. The molecule has 0 spiro atoms. The topological polar surface area (TPSA) is 89.8 Å². The Hall–Kier alpha value is -2.87. The molecule has 2 rings (SSSR count). The number of rotatable bonds is 8. The van der Waals surface area contributed by atoms with Crippen LogP contribution in [0.3, 0.4) is 0 Å². The quantitative estimate of drug-likeness (QED) is 0.398. The molecule has 8 heteroatoms. The molecule has 0 atom stereocenters. The molecular formula is C18H20N2O5S. The standard InChI is InChI=1S/C18H20N2O5S/c1-4-12-19(16-8-6-7-9-17(16)25-5-2)26(23,24)18-13-15(20(21)22)11-10-14(18)3/h4,6-11,13H,1,5,12H2,2-3H3. The predicted octanol–water partition coefficient (Wildman–Crippen LogP) is 3.68. The Bertz CT molecular complexity index is 925. The van der Waals surface area contributed by atoms with Gasteiger partial charge in [0.25, 0.3) is 15.7 Å². The van der Waals surface area contributed by atoms with Gasteiger partial charge >= 0.3 is 0 Å². The molecule has 0 bridgehead atoms. The van der Waals surface area contributed by atoms with E-state index in [0.29, 0.717) is 23.6 Å². The fraction of sp³-hybridized carbons (Fsp3) is 0.222. The van der Waals surface area contributed by atoms with Crippen molar-refractivity contribution in [1.82, 2.24) is 0 Å². The SMILES string of the molecule is C=CCN(c1ccccc1OCC)S(=O)(=O)c1cc([N+](=O)[O-])ccc1C. The number of hydrogen-bond donors (Lipinski definition) is 0. The lowest BCUT2D eigenvalue weighted by Crippen LogP contribution is -2.32. The van der Waals surface area contributed by atoms with Gasteiger partial charge < -0.3 is 4.74 Å². The first-order valence-electron chi connectivity index (χ1n) is 7.93. The van der Waals surface area contributed by atoms with Gasteiger partial charge in [0.2, 0.25) is 0 Å². The van der Waals surface area contributed by atoms with E-state index < -0.39 is 14.9 Å². The number of hydrogen-bond acceptors (Lipinski definition) is 5. The van der Waals surface area contributed by atoms with Crippen molar-refractivity contribution in [2.75, 3.05) is 17.5 Å². The third-order valence-corrected chi connectivity index (χ3v) is 5.60. The second kappa shape index (κ2) is 8.01. The molecule has 0 aliphatic rings. The molecule has 0 heterocycles. The van der Waals surface area contributed by atoms with Gasteiger partial charge in [0.1, 0.15) is 5.75 Å². The van der Waals surface area contributed by atoms with Gasteiger partial charge in [-0.3, -0.25) is 14.4 Å². The maximum atomic E-state index is 13.3. The highest BCUT2D eigenvalue weighted by atomic mass is 32.2. The summed E-state index contributed by atoms with van der Waals surface area (Å²) in [4.78, 5) is 10.3. The molecule has 0 amide bonds. The number of non-ortho nitro benzene ring substituents is 1. The van der Waals surface area contributed by atoms with E-state index in [1.54, 1.807) is 38.1 Å². The molecule has 0 fully saturated rings. The minimum atomic E-state index is -4.07. The largest absolute Gasteiger partial charge is 0.492 e. The Kier molecular flexibility index (Phi) is 5.99. The molecule has 0 unspecified atom stereocenters. The molecule has 2 aromatic rings. The summed E-state index contributed by atoms with van der Waals surface area (Å²) < 4.78 is 33.2. The Labute approximate surface area is 152 Å². The zero-order valence-electron chi connectivity index (χ0n) is 14.6. The van der Waals surface area contributed by atoms with Gasteiger partial charge in [-0.2, -0.15) is 0 Å². The summed E-state index contributed by atoms with van der Waals surface area (Å²) in [6.45, 7) is 7.38. The lowest BCUT2D eigenvalue weighted by molar-refractivity contribution is -0.385. The van der Waals surface area contributed by atoms with Crippen molar-refractivity contribution in [2.24, 2.45) is 0 Å². The maximum absolute atomic E-state index is 13.3. The highest BCUT2D eigenvalue weighted by molar-refractivity contribution is 7.93. The van der Waals surface area contributed by atoms with Crippen molar-refractivity contribution in [1.29, 1.82) is 0 Å². The zero-order valence-corrected chi connectivity index (χ0v) is 15.4. The van der Waals surface area contributed by atoms with Crippen LogP contribution in [0.5, 0.6) is 5.75 Å². The number of benzene rings is 2. The second-order valence-electron chi connectivity index (χ2n) is 5.43. The Morgan fingerprint density at radius 2 is 1.96 bits per heavy atom. The van der Waals surface area contributed by atoms with Crippen molar-refractivity contribution >= 4 is 21.4 Å². The molecule has 0 aliphatic carbocycles. The minimum absolute atomic E-state index is 0.00540. The van der Waals surface area contributed by atoms with Gasteiger partial charge in [0.05, 0.1) is 28.7 Å². The van der Waals surface area contributed by atoms with Gasteiger partial charge in [-0.25, -0.2) is 8.42 Å². The number of sulfonamides is 1. The van der Waals surface area contributed by atoms with Crippen LogP contribution in [0.25, 0.3) is 0 Å². The molecule has 0 aliphatic heterocycles. The molecule has 0 saturated heterocycles. The molecule has 0 aromatic heterocycles. The van der Waals surface area contributed by atoms with Gasteiger partial charge in [-0.1, -0.05) is 24.3 Å². The number of ether oxygens (including phenoxy) is 1. The molecule has 26 heavy (non-hydrogen) atoms. The number of aryl methyl sites for hydroxylation is 1. The van der Waals surface area contributed by atoms with E-state index in [1.807, 2.05) is 0 Å². The Balaban J connectivity index is 2.65. The zero-order chi connectivity index (χ0) is 19.3. The van der Waals surface area contributed by atoms with Crippen LogP contribution in [0.1, 0.15) is 12.5 Å². The van der Waals surface area contributed by atoms with Crippen molar-refractivity contribution in [3.05, 3.63) is 70.8 Å². The first-order chi connectivity index (χ1) is 12.3. The number of nitrogens with zero attached hydrogens (tertiary/aromatic N) is 2. The third-order valence-electron chi connectivity index (χ3n) is 3.68. The van der Waals surface area contributed by atoms with Crippen LogP contribution >= 0.6 is 0 Å². The Morgan fingerprint density at radius 3 is 2.58 bits per heavy atom. The maximum Gasteiger partial charge on any atom is 0.270 e. The van der Waals surface area contributed by atoms with Crippen molar-refractivity contribution in [3.8, 4) is 5.75 Å². The number of anilines is 1.